The molecule has 0 spiro atoms. The van der Waals surface area contributed by atoms with Gasteiger partial charge in [0.2, 0.25) is 0 Å². The summed E-state index contributed by atoms with van der Waals surface area (Å²) >= 11 is 0. The fourth-order valence-corrected chi connectivity index (χ4v) is 3.18. The van der Waals surface area contributed by atoms with E-state index in [1.807, 2.05) is 42.6 Å². The number of pyridine rings is 1. The molecule has 2 aromatic heterocycles. The molecule has 0 unspecified atom stereocenters. The Morgan fingerprint density at radius 2 is 1.88 bits per heavy atom. The molecule has 2 aromatic carbocycles. The molecule has 0 saturated carbocycles. The van der Waals surface area contributed by atoms with E-state index in [1.54, 1.807) is 6.20 Å². The molecule has 4 aromatic rings. The summed E-state index contributed by atoms with van der Waals surface area (Å²) in [6.45, 7) is 4.87. The third-order valence-corrected chi connectivity index (χ3v) is 4.68. The summed E-state index contributed by atoms with van der Waals surface area (Å²) in [6, 6.07) is 18.2. The summed E-state index contributed by atoms with van der Waals surface area (Å²) < 4.78 is 2.20. The summed E-state index contributed by atoms with van der Waals surface area (Å²) in [4.78, 5) is 9.13. The molecule has 4 heteroatoms. The molecule has 0 radical (unpaired) electrons. The number of benzene rings is 2. The van der Waals surface area contributed by atoms with E-state index >= 15 is 0 Å². The first-order chi connectivity index (χ1) is 12.7. The molecule has 0 aliphatic heterocycles. The van der Waals surface area contributed by atoms with Crippen LogP contribution in [0.2, 0.25) is 0 Å². The average Bonchev–Trinajstić information content (AvgIpc) is 3.00. The average molecular weight is 338 g/mol. The van der Waals surface area contributed by atoms with Crippen LogP contribution in [-0.4, -0.2) is 14.5 Å². The summed E-state index contributed by atoms with van der Waals surface area (Å²) in [7, 11) is 0. The maximum Gasteiger partial charge on any atom is 0.143 e. The van der Waals surface area contributed by atoms with Crippen LogP contribution in [0.1, 0.15) is 22.3 Å². The van der Waals surface area contributed by atoms with Crippen LogP contribution in [-0.2, 0) is 6.54 Å². The molecule has 0 saturated heterocycles. The Morgan fingerprint density at radius 1 is 1.04 bits per heavy atom. The lowest BCUT2D eigenvalue weighted by Gasteiger charge is -2.10. The smallest absolute Gasteiger partial charge is 0.143 e. The van der Waals surface area contributed by atoms with Crippen LogP contribution in [0.5, 0.6) is 0 Å². The van der Waals surface area contributed by atoms with Crippen molar-refractivity contribution in [2.45, 2.75) is 20.4 Å². The highest BCUT2D eigenvalue weighted by Gasteiger charge is 2.14. The van der Waals surface area contributed by atoms with Crippen molar-refractivity contribution in [3.8, 4) is 17.5 Å². The second-order valence-electron chi connectivity index (χ2n) is 6.50. The molecule has 0 bridgehead atoms. The fraction of sp³-hybridized carbons (Fsp3) is 0.136. The molecule has 0 atom stereocenters. The topological polar surface area (TPSA) is 54.5 Å². The first-order valence-corrected chi connectivity index (χ1v) is 8.52. The Balaban J connectivity index is 1.93. The van der Waals surface area contributed by atoms with Crippen molar-refractivity contribution in [3.63, 3.8) is 0 Å². The quantitative estimate of drug-likeness (QED) is 0.547. The van der Waals surface area contributed by atoms with Gasteiger partial charge in [-0.05, 0) is 66.9 Å². The summed E-state index contributed by atoms with van der Waals surface area (Å²) in [5.41, 5.74) is 7.26. The predicted octanol–water partition coefficient (Wildman–Crippen LogP) is 4.64. The highest BCUT2D eigenvalue weighted by atomic mass is 15.1. The van der Waals surface area contributed by atoms with Gasteiger partial charge in [0, 0.05) is 24.5 Å². The highest BCUT2D eigenvalue weighted by molar-refractivity contribution is 5.82. The fourth-order valence-electron chi connectivity index (χ4n) is 3.18. The second-order valence-corrected chi connectivity index (χ2v) is 6.50. The molecule has 2 heterocycles. The number of nitrogens with zero attached hydrogens (tertiary/aromatic N) is 4. The van der Waals surface area contributed by atoms with Gasteiger partial charge in [0.05, 0.1) is 22.7 Å². The van der Waals surface area contributed by atoms with Gasteiger partial charge in [0.25, 0.3) is 0 Å². The van der Waals surface area contributed by atoms with Crippen LogP contribution < -0.4 is 0 Å². The number of fused-ring (bicyclic) bond motifs is 1. The molecule has 26 heavy (non-hydrogen) atoms. The number of aromatic nitrogens is 3. The van der Waals surface area contributed by atoms with Crippen molar-refractivity contribution in [1.82, 2.24) is 14.5 Å². The van der Waals surface area contributed by atoms with Crippen LogP contribution in [0.4, 0.5) is 0 Å². The monoisotopic (exact) mass is 338 g/mol. The van der Waals surface area contributed by atoms with Gasteiger partial charge >= 0.3 is 0 Å². The number of imidazole rings is 1. The molecule has 0 fully saturated rings. The number of aryl methyl sites for hydroxylation is 2. The minimum atomic E-state index is 0.652. The van der Waals surface area contributed by atoms with Gasteiger partial charge in [-0.2, -0.15) is 5.26 Å². The lowest BCUT2D eigenvalue weighted by Crippen LogP contribution is -2.03. The van der Waals surface area contributed by atoms with Gasteiger partial charge in [-0.3, -0.25) is 4.98 Å². The largest absolute Gasteiger partial charge is 0.319 e. The molecule has 0 aliphatic carbocycles. The van der Waals surface area contributed by atoms with E-state index in [0.717, 1.165) is 28.0 Å². The van der Waals surface area contributed by atoms with Gasteiger partial charge in [0.15, 0.2) is 0 Å². The van der Waals surface area contributed by atoms with Gasteiger partial charge in [-0.1, -0.05) is 12.1 Å². The first-order valence-electron chi connectivity index (χ1n) is 8.52. The number of rotatable bonds is 3. The molecular formula is C22H18N4. The summed E-state index contributed by atoms with van der Waals surface area (Å²) in [5.74, 6) is 0.889. The lowest BCUT2D eigenvalue weighted by atomic mass is 10.1. The van der Waals surface area contributed by atoms with Gasteiger partial charge in [-0.15, -0.1) is 0 Å². The highest BCUT2D eigenvalue weighted by Crippen LogP contribution is 2.27. The minimum Gasteiger partial charge on any atom is -0.319 e. The Bertz CT molecular complexity index is 1130. The zero-order chi connectivity index (χ0) is 18.1. The van der Waals surface area contributed by atoms with Gasteiger partial charge in [-0.25, -0.2) is 4.98 Å². The van der Waals surface area contributed by atoms with E-state index < -0.39 is 0 Å². The van der Waals surface area contributed by atoms with E-state index in [2.05, 4.69) is 41.6 Å². The van der Waals surface area contributed by atoms with Crippen LogP contribution in [0.25, 0.3) is 22.4 Å². The van der Waals surface area contributed by atoms with Crippen molar-refractivity contribution in [1.29, 1.82) is 5.26 Å². The van der Waals surface area contributed by atoms with Crippen LogP contribution in [0.3, 0.4) is 0 Å². The van der Waals surface area contributed by atoms with Crippen molar-refractivity contribution >= 4 is 11.0 Å². The van der Waals surface area contributed by atoms with E-state index in [-0.39, 0.29) is 0 Å². The summed E-state index contributed by atoms with van der Waals surface area (Å²) in [5, 5.41) is 9.18. The maximum atomic E-state index is 9.18. The van der Waals surface area contributed by atoms with Crippen LogP contribution in [0, 0.1) is 25.2 Å². The number of hydrogen-bond acceptors (Lipinski definition) is 3. The van der Waals surface area contributed by atoms with E-state index in [9.17, 15) is 5.26 Å². The second kappa shape index (κ2) is 6.45. The first kappa shape index (κ1) is 16.0. The Kier molecular flexibility index (Phi) is 3.98. The number of hydrogen-bond donors (Lipinski definition) is 0. The van der Waals surface area contributed by atoms with Gasteiger partial charge in [0.1, 0.15) is 5.82 Å². The predicted molar refractivity (Wildman–Crippen MR) is 103 cm³/mol. The third kappa shape index (κ3) is 2.84. The van der Waals surface area contributed by atoms with Crippen molar-refractivity contribution < 1.29 is 0 Å². The standard InChI is InChI=1S/C22H18N4/c1-15-9-20-21(10-16(15)2)26(14-18-6-3-5-17(11-18)12-23)22(25-20)19-7-4-8-24-13-19/h3-11,13H,14H2,1-2H3. The van der Waals surface area contributed by atoms with E-state index in [4.69, 9.17) is 4.98 Å². The van der Waals surface area contributed by atoms with Crippen molar-refractivity contribution in [2.75, 3.05) is 0 Å². The Labute approximate surface area is 152 Å². The molecular weight excluding hydrogens is 320 g/mol. The normalized spacial score (nSPS) is 10.8. The lowest BCUT2D eigenvalue weighted by molar-refractivity contribution is 0.833. The Hall–Kier alpha value is -3.45. The van der Waals surface area contributed by atoms with E-state index in [1.165, 1.54) is 11.1 Å². The van der Waals surface area contributed by atoms with E-state index in [0.29, 0.717) is 12.1 Å². The Morgan fingerprint density at radius 3 is 2.65 bits per heavy atom. The SMILES string of the molecule is Cc1cc2nc(-c3cccnc3)n(Cc3cccc(C#N)c3)c2cc1C. The maximum absolute atomic E-state index is 9.18. The summed E-state index contributed by atoms with van der Waals surface area (Å²) in [6.07, 6.45) is 3.60. The molecule has 0 aliphatic rings. The van der Waals surface area contributed by atoms with Crippen molar-refractivity contribution in [2.24, 2.45) is 0 Å². The third-order valence-electron chi connectivity index (χ3n) is 4.68. The molecule has 4 nitrogen and oxygen atoms in total. The van der Waals surface area contributed by atoms with Gasteiger partial charge < -0.3 is 4.57 Å². The number of nitriles is 1. The molecule has 0 N–H and O–H groups in total. The van der Waals surface area contributed by atoms with Crippen molar-refractivity contribution in [3.05, 3.63) is 83.2 Å². The zero-order valence-corrected chi connectivity index (χ0v) is 14.8. The molecule has 126 valence electrons. The minimum absolute atomic E-state index is 0.652. The molecule has 4 rings (SSSR count). The van der Waals surface area contributed by atoms with Crippen LogP contribution >= 0.6 is 0 Å². The van der Waals surface area contributed by atoms with Crippen LogP contribution in [0.15, 0.2) is 60.9 Å². The zero-order valence-electron chi connectivity index (χ0n) is 14.8. The molecule has 0 amide bonds.